The fraction of sp³-hybridized carbons (Fsp3) is 0.0526. The van der Waals surface area contributed by atoms with Crippen LogP contribution in [0.3, 0.4) is 0 Å². The van der Waals surface area contributed by atoms with E-state index in [-0.39, 0.29) is 11.6 Å². The van der Waals surface area contributed by atoms with Gasteiger partial charge in [-0.3, -0.25) is 9.36 Å². The molecule has 3 aromatic heterocycles. The molecule has 0 aliphatic carbocycles. The van der Waals surface area contributed by atoms with Gasteiger partial charge in [-0.1, -0.05) is 41.6 Å². The fourth-order valence-electron chi connectivity index (χ4n) is 2.46. The van der Waals surface area contributed by atoms with Gasteiger partial charge in [-0.15, -0.1) is 0 Å². The predicted octanol–water partition coefficient (Wildman–Crippen LogP) is 2.85. The third-order valence-corrected chi connectivity index (χ3v) is 3.83. The molecule has 0 radical (unpaired) electrons. The molecule has 128 valence electrons. The minimum absolute atomic E-state index is 0.242. The maximum atomic E-state index is 12.2. The zero-order valence-electron chi connectivity index (χ0n) is 13.7. The highest BCUT2D eigenvalue weighted by atomic mass is 16.5. The molecule has 0 bridgehead atoms. The van der Waals surface area contributed by atoms with Crippen LogP contribution in [-0.2, 0) is 6.54 Å². The number of hydrogen-bond donors (Lipinski definition) is 1. The van der Waals surface area contributed by atoms with E-state index in [0.29, 0.717) is 12.3 Å². The third kappa shape index (κ3) is 3.36. The van der Waals surface area contributed by atoms with Crippen LogP contribution in [0, 0.1) is 0 Å². The quantitative estimate of drug-likeness (QED) is 0.601. The minimum Gasteiger partial charge on any atom is -0.355 e. The Morgan fingerprint density at radius 2 is 2.04 bits per heavy atom. The largest absolute Gasteiger partial charge is 0.355 e. The van der Waals surface area contributed by atoms with Gasteiger partial charge in [0, 0.05) is 36.8 Å². The van der Waals surface area contributed by atoms with Gasteiger partial charge in [-0.2, -0.15) is 0 Å². The molecule has 7 nitrogen and oxygen atoms in total. The number of rotatable bonds is 5. The van der Waals surface area contributed by atoms with Crippen LogP contribution in [0.2, 0.25) is 0 Å². The molecule has 0 saturated heterocycles. The topological polar surface area (TPSA) is 85.8 Å². The number of nitrogens with zero attached hydrogens (tertiary/aromatic N) is 4. The Kier molecular flexibility index (Phi) is 4.26. The molecule has 4 aromatic rings. The Bertz CT molecular complexity index is 992. The fourth-order valence-corrected chi connectivity index (χ4v) is 2.46. The van der Waals surface area contributed by atoms with Crippen LogP contribution >= 0.6 is 0 Å². The molecule has 3 heterocycles. The van der Waals surface area contributed by atoms with Gasteiger partial charge in [-0.05, 0) is 11.6 Å². The van der Waals surface area contributed by atoms with Crippen LogP contribution < -0.4 is 5.32 Å². The number of benzene rings is 1. The average Bonchev–Trinajstić information content (AvgIpc) is 3.39. The van der Waals surface area contributed by atoms with Crippen molar-refractivity contribution in [3.05, 3.63) is 84.7 Å². The summed E-state index contributed by atoms with van der Waals surface area (Å²) in [5, 5.41) is 6.65. The number of nitrogens with one attached hydrogen (secondary N) is 1. The summed E-state index contributed by atoms with van der Waals surface area (Å²) >= 11 is 0. The number of carbonyl (C=O) groups excluding carboxylic acids is 1. The molecule has 26 heavy (non-hydrogen) atoms. The van der Waals surface area contributed by atoms with Crippen molar-refractivity contribution < 1.29 is 9.32 Å². The number of hydrogen-bond acceptors (Lipinski definition) is 5. The van der Waals surface area contributed by atoms with E-state index in [1.807, 2.05) is 53.2 Å². The lowest BCUT2D eigenvalue weighted by molar-refractivity contribution is 0.0942. The first kappa shape index (κ1) is 15.8. The van der Waals surface area contributed by atoms with Gasteiger partial charge in [0.1, 0.15) is 12.1 Å². The lowest BCUT2D eigenvalue weighted by Gasteiger charge is -2.05. The van der Waals surface area contributed by atoms with Gasteiger partial charge < -0.3 is 9.84 Å². The zero-order valence-corrected chi connectivity index (χ0v) is 13.7. The number of aromatic nitrogens is 4. The molecule has 0 spiro atoms. The molecule has 1 aromatic carbocycles. The van der Waals surface area contributed by atoms with Gasteiger partial charge >= 0.3 is 0 Å². The maximum Gasteiger partial charge on any atom is 0.273 e. The smallest absolute Gasteiger partial charge is 0.273 e. The molecule has 1 N–H and O–H groups in total. The predicted molar refractivity (Wildman–Crippen MR) is 94.5 cm³/mol. The molecule has 0 atom stereocenters. The Morgan fingerprint density at radius 1 is 1.15 bits per heavy atom. The van der Waals surface area contributed by atoms with E-state index in [4.69, 9.17) is 4.52 Å². The first-order valence-electron chi connectivity index (χ1n) is 8.03. The van der Waals surface area contributed by atoms with Crippen molar-refractivity contribution in [2.45, 2.75) is 6.54 Å². The van der Waals surface area contributed by atoms with Crippen molar-refractivity contribution in [2.75, 3.05) is 0 Å². The first-order valence-corrected chi connectivity index (χ1v) is 8.03. The van der Waals surface area contributed by atoms with Crippen LogP contribution in [0.25, 0.3) is 17.1 Å². The average molecular weight is 345 g/mol. The van der Waals surface area contributed by atoms with Gasteiger partial charge in [0.2, 0.25) is 0 Å². The molecule has 7 heteroatoms. The Labute approximate surface area is 149 Å². The molecular weight excluding hydrogens is 330 g/mol. The van der Waals surface area contributed by atoms with Crippen LogP contribution in [0.5, 0.6) is 0 Å². The first-order chi connectivity index (χ1) is 12.8. The van der Waals surface area contributed by atoms with Crippen molar-refractivity contribution in [1.29, 1.82) is 0 Å². The van der Waals surface area contributed by atoms with Gasteiger partial charge in [0.15, 0.2) is 11.5 Å². The van der Waals surface area contributed by atoms with E-state index in [9.17, 15) is 4.79 Å². The van der Waals surface area contributed by atoms with Crippen molar-refractivity contribution in [2.24, 2.45) is 0 Å². The summed E-state index contributed by atoms with van der Waals surface area (Å²) in [6, 6.07) is 14.9. The minimum atomic E-state index is -0.297. The Morgan fingerprint density at radius 3 is 2.77 bits per heavy atom. The van der Waals surface area contributed by atoms with Crippen LogP contribution in [-0.4, -0.2) is 25.6 Å². The maximum absolute atomic E-state index is 12.2. The van der Waals surface area contributed by atoms with Gasteiger partial charge in [0.25, 0.3) is 5.91 Å². The summed E-state index contributed by atoms with van der Waals surface area (Å²) in [4.78, 5) is 20.6. The Balaban J connectivity index is 1.39. The third-order valence-electron chi connectivity index (χ3n) is 3.83. The van der Waals surface area contributed by atoms with E-state index < -0.39 is 0 Å². The molecule has 0 aliphatic rings. The summed E-state index contributed by atoms with van der Waals surface area (Å²) in [6.07, 6.45) is 6.91. The SMILES string of the molecule is O=C(NCc1ccc(-n2ccnc2)nc1)c1cc(-c2ccccc2)on1. The summed E-state index contributed by atoms with van der Waals surface area (Å²) in [5.41, 5.74) is 2.00. The normalized spacial score (nSPS) is 10.6. The van der Waals surface area contributed by atoms with Gasteiger partial charge in [-0.25, -0.2) is 9.97 Å². The van der Waals surface area contributed by atoms with Crippen molar-refractivity contribution in [3.8, 4) is 17.1 Å². The molecule has 0 aliphatic heterocycles. The van der Waals surface area contributed by atoms with Crippen LogP contribution in [0.15, 0.2) is 78.0 Å². The number of carbonyl (C=O) groups is 1. The van der Waals surface area contributed by atoms with Crippen LogP contribution in [0.1, 0.15) is 16.1 Å². The van der Waals surface area contributed by atoms with Gasteiger partial charge in [0.05, 0.1) is 0 Å². The van der Waals surface area contributed by atoms with E-state index in [2.05, 4.69) is 20.4 Å². The monoisotopic (exact) mass is 345 g/mol. The highest BCUT2D eigenvalue weighted by molar-refractivity contribution is 5.93. The van der Waals surface area contributed by atoms with Crippen LogP contribution in [0.4, 0.5) is 0 Å². The molecular formula is C19H15N5O2. The summed E-state index contributed by atoms with van der Waals surface area (Å²) < 4.78 is 7.06. The molecule has 0 saturated carbocycles. The zero-order chi connectivity index (χ0) is 17.8. The van der Waals surface area contributed by atoms with E-state index in [1.54, 1.807) is 24.8 Å². The second-order valence-electron chi connectivity index (χ2n) is 5.62. The number of pyridine rings is 1. The summed E-state index contributed by atoms with van der Waals surface area (Å²) in [5.74, 6) is 1.03. The van der Waals surface area contributed by atoms with E-state index >= 15 is 0 Å². The van der Waals surface area contributed by atoms with Crippen molar-refractivity contribution >= 4 is 5.91 Å². The highest BCUT2D eigenvalue weighted by Gasteiger charge is 2.13. The van der Waals surface area contributed by atoms with Crippen molar-refractivity contribution in [1.82, 2.24) is 25.0 Å². The molecule has 4 rings (SSSR count). The lowest BCUT2D eigenvalue weighted by atomic mass is 10.1. The second kappa shape index (κ2) is 7.02. The lowest BCUT2D eigenvalue weighted by Crippen LogP contribution is -2.23. The number of amides is 1. The van der Waals surface area contributed by atoms with E-state index in [0.717, 1.165) is 16.9 Å². The van der Waals surface area contributed by atoms with Crippen molar-refractivity contribution in [3.63, 3.8) is 0 Å². The summed E-state index contributed by atoms with van der Waals surface area (Å²) in [6.45, 7) is 0.351. The highest BCUT2D eigenvalue weighted by Crippen LogP contribution is 2.19. The second-order valence-corrected chi connectivity index (χ2v) is 5.62. The standard InChI is InChI=1S/C19H15N5O2/c25-19(16-10-17(26-23-16)15-4-2-1-3-5-15)22-12-14-6-7-18(21-11-14)24-9-8-20-13-24/h1-11,13H,12H2,(H,22,25). The molecule has 0 fully saturated rings. The Hall–Kier alpha value is -3.74. The number of imidazole rings is 1. The molecule has 1 amide bonds. The summed E-state index contributed by atoms with van der Waals surface area (Å²) in [7, 11) is 0. The van der Waals surface area contributed by atoms with E-state index in [1.165, 1.54) is 0 Å². The molecule has 0 unspecified atom stereocenters.